The number of hydrogen-bond acceptors (Lipinski definition) is 3. The first-order chi connectivity index (χ1) is 2.73. The molecular weight excluding hydrogens is 173 g/mol. The Bertz CT molecular complexity index is 26.9. The summed E-state index contributed by atoms with van der Waals surface area (Å²) in [6.07, 6.45) is 0. The van der Waals surface area contributed by atoms with E-state index in [-0.39, 0.29) is 0 Å². The molecule has 0 unspecified atom stereocenters. The van der Waals surface area contributed by atoms with E-state index in [2.05, 4.69) is 0 Å². The maximum absolute atomic E-state index is 8.82. The maximum atomic E-state index is 8.82. The molecule has 6 heavy (non-hydrogen) atoms. The van der Waals surface area contributed by atoms with Crippen molar-refractivity contribution < 1.29 is 40.2 Å². The van der Waals surface area contributed by atoms with Gasteiger partial charge in [0.05, 0.1) is 0 Å². The number of rotatable bonds is 0. The SMILES string of the molecule is OO.[O]=[Nb]([OH])[OH]. The van der Waals surface area contributed by atoms with E-state index in [4.69, 9.17) is 21.0 Å². The molecular formula is H4NbO5. The quantitative estimate of drug-likeness (QED) is 0.211. The van der Waals surface area contributed by atoms with Crippen LogP contribution in [-0.4, -0.2) is 17.7 Å². The van der Waals surface area contributed by atoms with Crippen LogP contribution in [0.25, 0.3) is 0 Å². The minimum absolute atomic E-state index is 3.70. The minimum atomic E-state index is -3.70. The van der Waals surface area contributed by atoms with E-state index in [1.165, 1.54) is 0 Å². The third kappa shape index (κ3) is 346. The van der Waals surface area contributed by atoms with E-state index < -0.39 is 19.2 Å². The summed E-state index contributed by atoms with van der Waals surface area (Å²) in [5.41, 5.74) is 0. The third-order valence-electron chi connectivity index (χ3n) is 0. The van der Waals surface area contributed by atoms with Crippen LogP contribution in [0.15, 0.2) is 0 Å². The molecule has 0 atom stereocenters. The molecule has 0 heterocycles. The van der Waals surface area contributed by atoms with E-state index >= 15 is 0 Å². The molecule has 0 aromatic rings. The Kier molecular flexibility index (Phi) is 14.5. The summed E-state index contributed by atoms with van der Waals surface area (Å²) in [6.45, 7) is 0. The molecule has 0 aliphatic carbocycles. The molecule has 0 aliphatic rings. The Morgan fingerprint density at radius 1 is 1.17 bits per heavy atom. The summed E-state index contributed by atoms with van der Waals surface area (Å²) < 4.78 is 23.3. The van der Waals surface area contributed by atoms with Gasteiger partial charge in [0.1, 0.15) is 0 Å². The summed E-state index contributed by atoms with van der Waals surface area (Å²) in [4.78, 5) is 0. The van der Waals surface area contributed by atoms with Gasteiger partial charge < -0.3 is 0 Å². The number of hydrogen-bond donors (Lipinski definition) is 4. The Morgan fingerprint density at radius 2 is 1.17 bits per heavy atom. The zero-order valence-electron chi connectivity index (χ0n) is 2.64. The Morgan fingerprint density at radius 3 is 1.17 bits per heavy atom. The molecule has 0 rings (SSSR count). The second kappa shape index (κ2) is 9.03. The van der Waals surface area contributed by atoms with Gasteiger partial charge in [0, 0.05) is 0 Å². The van der Waals surface area contributed by atoms with E-state index in [0.717, 1.165) is 0 Å². The molecule has 0 spiro atoms. The van der Waals surface area contributed by atoms with Crippen LogP contribution < -0.4 is 0 Å². The summed E-state index contributed by atoms with van der Waals surface area (Å²) in [5.74, 6) is 0. The molecule has 0 saturated heterocycles. The van der Waals surface area contributed by atoms with Gasteiger partial charge >= 0.3 is 29.7 Å². The van der Waals surface area contributed by atoms with Crippen LogP contribution in [0, 0.1) is 0 Å². The predicted octanol–water partition coefficient (Wildman–Crippen LogP) is -1.22. The molecule has 0 bridgehead atoms. The Balaban J connectivity index is 0. The van der Waals surface area contributed by atoms with Crippen molar-refractivity contribution in [3.05, 3.63) is 0 Å². The summed E-state index contributed by atoms with van der Waals surface area (Å²) in [7, 11) is 0. The fourth-order valence-corrected chi connectivity index (χ4v) is 0. The summed E-state index contributed by atoms with van der Waals surface area (Å²) >= 11 is -3.70. The van der Waals surface area contributed by atoms with Gasteiger partial charge in [-0.05, 0) is 0 Å². The Labute approximate surface area is 40.8 Å². The predicted molar refractivity (Wildman–Crippen MR) is 10.4 cm³/mol. The van der Waals surface area contributed by atoms with Gasteiger partial charge in [-0.25, -0.2) is 0 Å². The van der Waals surface area contributed by atoms with Crippen LogP contribution in [0.3, 0.4) is 0 Å². The zero-order valence-corrected chi connectivity index (χ0v) is 4.84. The van der Waals surface area contributed by atoms with Crippen molar-refractivity contribution in [3.63, 3.8) is 0 Å². The second-order valence-corrected chi connectivity index (χ2v) is 1.50. The van der Waals surface area contributed by atoms with Gasteiger partial charge in [0.2, 0.25) is 0 Å². The van der Waals surface area contributed by atoms with Crippen molar-refractivity contribution in [2.45, 2.75) is 0 Å². The first kappa shape index (κ1) is 9.63. The van der Waals surface area contributed by atoms with Crippen LogP contribution in [0.5, 0.6) is 0 Å². The molecule has 0 aromatic carbocycles. The molecule has 6 heteroatoms. The molecule has 0 saturated carbocycles. The molecule has 5 nitrogen and oxygen atoms in total. The van der Waals surface area contributed by atoms with E-state index in [1.54, 1.807) is 0 Å². The molecule has 39 valence electrons. The van der Waals surface area contributed by atoms with Crippen LogP contribution in [0.4, 0.5) is 0 Å². The van der Waals surface area contributed by atoms with Crippen molar-refractivity contribution in [2.24, 2.45) is 0 Å². The van der Waals surface area contributed by atoms with Crippen molar-refractivity contribution >= 4 is 0 Å². The average molecular weight is 177 g/mol. The van der Waals surface area contributed by atoms with Crippen molar-refractivity contribution in [3.8, 4) is 0 Å². The fraction of sp³-hybridized carbons (Fsp3) is 0. The monoisotopic (exact) mass is 177 g/mol. The molecule has 4 N–H and O–H groups in total. The average Bonchev–Trinajstić information content (AvgIpc) is 1.41. The fourth-order valence-electron chi connectivity index (χ4n) is 0. The first-order valence-electron chi connectivity index (χ1n) is 0.783. The van der Waals surface area contributed by atoms with Crippen LogP contribution >= 0.6 is 0 Å². The molecule has 0 fully saturated rings. The van der Waals surface area contributed by atoms with Gasteiger partial charge in [-0.15, -0.1) is 0 Å². The topological polar surface area (TPSA) is 98.0 Å². The summed E-state index contributed by atoms with van der Waals surface area (Å²) in [5, 5.41) is 12.0. The van der Waals surface area contributed by atoms with Gasteiger partial charge in [0.25, 0.3) is 0 Å². The second-order valence-electron chi connectivity index (χ2n) is 0.253. The van der Waals surface area contributed by atoms with E-state index in [9.17, 15) is 0 Å². The van der Waals surface area contributed by atoms with Gasteiger partial charge in [-0.1, -0.05) is 0 Å². The van der Waals surface area contributed by atoms with Gasteiger partial charge in [-0.2, -0.15) is 0 Å². The van der Waals surface area contributed by atoms with Crippen LogP contribution in [-0.2, 0) is 22.5 Å². The standard InChI is InChI=1S/Nb.H2O2.2H2O.O/c;1-2;;;/h;1-2H;2*1H2;/q+2;;;;/p-2. The normalized spacial score (nSPS) is 5.33. The molecule has 0 aromatic heterocycles. The molecule has 0 radical (unpaired) electrons. The van der Waals surface area contributed by atoms with E-state index in [0.29, 0.717) is 0 Å². The van der Waals surface area contributed by atoms with Crippen molar-refractivity contribution in [2.75, 3.05) is 0 Å². The van der Waals surface area contributed by atoms with Crippen LogP contribution in [0.2, 0.25) is 0 Å². The third-order valence-corrected chi connectivity index (χ3v) is 0. The van der Waals surface area contributed by atoms with Crippen molar-refractivity contribution in [1.82, 2.24) is 0 Å². The zero-order chi connectivity index (χ0) is 5.58. The van der Waals surface area contributed by atoms with Crippen LogP contribution in [0.1, 0.15) is 0 Å². The van der Waals surface area contributed by atoms with Crippen molar-refractivity contribution in [1.29, 1.82) is 0 Å². The Hall–Kier alpha value is 0.380. The first-order valence-corrected chi connectivity index (χ1v) is 3.65. The molecule has 0 amide bonds. The summed E-state index contributed by atoms with van der Waals surface area (Å²) in [6, 6.07) is 0. The van der Waals surface area contributed by atoms with Gasteiger partial charge in [0.15, 0.2) is 0 Å². The molecule has 0 aliphatic heterocycles. The van der Waals surface area contributed by atoms with Gasteiger partial charge in [-0.3, -0.25) is 10.5 Å². The van der Waals surface area contributed by atoms with E-state index in [1.807, 2.05) is 0 Å².